The van der Waals surface area contributed by atoms with Crippen molar-refractivity contribution in [2.24, 2.45) is 29.1 Å². The minimum atomic E-state index is -1.08. The Hall–Kier alpha value is -0.900. The van der Waals surface area contributed by atoms with Gasteiger partial charge in [-0.1, -0.05) is 13.8 Å². The van der Waals surface area contributed by atoms with E-state index in [1.54, 1.807) is 20.8 Å². The molecular formula is C16H26O4. The molecule has 2 aliphatic carbocycles. The topological polar surface area (TPSA) is 63.6 Å². The number of ketones is 1. The number of fused-ring (bicyclic) bond motifs is 1. The zero-order valence-corrected chi connectivity index (χ0v) is 13.1. The van der Waals surface area contributed by atoms with Crippen molar-refractivity contribution in [2.75, 3.05) is 6.61 Å². The molecule has 0 aliphatic heterocycles. The van der Waals surface area contributed by atoms with Crippen molar-refractivity contribution in [3.8, 4) is 0 Å². The van der Waals surface area contributed by atoms with E-state index in [1.165, 1.54) is 0 Å². The van der Waals surface area contributed by atoms with Crippen LogP contribution in [0.2, 0.25) is 0 Å². The van der Waals surface area contributed by atoms with E-state index in [-0.39, 0.29) is 29.6 Å². The molecule has 0 radical (unpaired) electrons. The maximum atomic E-state index is 12.6. The molecule has 2 fully saturated rings. The molecule has 2 saturated carbocycles. The molecule has 2 unspecified atom stereocenters. The third-order valence-corrected chi connectivity index (χ3v) is 4.90. The summed E-state index contributed by atoms with van der Waals surface area (Å²) in [5.74, 6) is -1.56. The molecule has 20 heavy (non-hydrogen) atoms. The normalized spacial score (nSPS) is 36.0. The molecule has 0 aromatic carbocycles. The van der Waals surface area contributed by atoms with E-state index in [4.69, 9.17) is 4.74 Å². The summed E-state index contributed by atoms with van der Waals surface area (Å²) in [5.41, 5.74) is -0.966. The maximum Gasteiger partial charge on any atom is 0.316 e. The van der Waals surface area contributed by atoms with Crippen molar-refractivity contribution >= 4 is 11.8 Å². The number of esters is 1. The monoisotopic (exact) mass is 282 g/mol. The number of rotatable bonds is 3. The number of ether oxygens (including phenoxy) is 1. The van der Waals surface area contributed by atoms with Crippen LogP contribution in [-0.2, 0) is 14.3 Å². The molecule has 4 heteroatoms. The van der Waals surface area contributed by atoms with Crippen molar-refractivity contribution in [3.63, 3.8) is 0 Å². The molecule has 0 heterocycles. The van der Waals surface area contributed by atoms with Crippen LogP contribution >= 0.6 is 0 Å². The first kappa shape index (κ1) is 15.5. The number of hydrogen-bond acceptors (Lipinski definition) is 4. The fourth-order valence-electron chi connectivity index (χ4n) is 4.40. The number of carbonyl (C=O) groups is 2. The summed E-state index contributed by atoms with van der Waals surface area (Å²) in [5, 5.41) is 10.4. The molecular weight excluding hydrogens is 256 g/mol. The molecule has 0 aromatic rings. The van der Waals surface area contributed by atoms with Gasteiger partial charge in [-0.25, -0.2) is 0 Å². The van der Waals surface area contributed by atoms with Crippen LogP contribution < -0.4 is 0 Å². The Morgan fingerprint density at radius 2 is 1.90 bits per heavy atom. The molecule has 4 nitrogen and oxygen atoms in total. The van der Waals surface area contributed by atoms with Crippen molar-refractivity contribution in [1.29, 1.82) is 0 Å². The average Bonchev–Trinajstić information content (AvgIpc) is 2.65. The second kappa shape index (κ2) is 4.83. The van der Waals surface area contributed by atoms with E-state index in [0.717, 1.165) is 12.8 Å². The highest BCUT2D eigenvalue weighted by molar-refractivity contribution is 6.03. The summed E-state index contributed by atoms with van der Waals surface area (Å²) in [6.45, 7) is 9.72. The molecule has 2 aliphatic rings. The average molecular weight is 282 g/mol. The fraction of sp³-hybridized carbons (Fsp3) is 0.875. The number of Topliss-reactive ketones (excluding diaryl/α,β-unsaturated/α-hetero) is 1. The Labute approximate surface area is 120 Å². The van der Waals surface area contributed by atoms with E-state index in [1.807, 2.05) is 0 Å². The molecule has 114 valence electrons. The number of carbonyl (C=O) groups excluding carboxylic acids is 2. The minimum absolute atomic E-state index is 0.0213. The van der Waals surface area contributed by atoms with Gasteiger partial charge in [0.05, 0.1) is 12.2 Å². The van der Waals surface area contributed by atoms with E-state index >= 15 is 0 Å². The Kier molecular flexibility index (Phi) is 3.74. The summed E-state index contributed by atoms with van der Waals surface area (Å²) in [6, 6.07) is 0. The summed E-state index contributed by atoms with van der Waals surface area (Å²) >= 11 is 0. The standard InChI is InChI=1S/C16H26O4/c1-6-20-14(18)11-9-7-15(2,3)8-10(9)12(13(11)17)16(4,5)19/h9-12,19H,6-8H2,1-5H3/t9?,10?,11-,12+/m1/s1. The van der Waals surface area contributed by atoms with Crippen LogP contribution in [-0.4, -0.2) is 29.1 Å². The summed E-state index contributed by atoms with van der Waals surface area (Å²) in [6.07, 6.45) is 1.73. The Balaban J connectivity index is 2.35. The third kappa shape index (κ3) is 2.50. The SMILES string of the molecule is CCOC(=O)[C@H]1C(=O)[C@@H](C(C)(C)O)C2CC(C)(C)CC21. The molecule has 1 N–H and O–H groups in total. The third-order valence-electron chi connectivity index (χ3n) is 4.90. The van der Waals surface area contributed by atoms with Crippen molar-refractivity contribution in [1.82, 2.24) is 0 Å². The lowest BCUT2D eigenvalue weighted by Crippen LogP contribution is -2.40. The lowest BCUT2D eigenvalue weighted by atomic mass is 9.78. The van der Waals surface area contributed by atoms with Gasteiger partial charge in [0, 0.05) is 5.92 Å². The van der Waals surface area contributed by atoms with Crippen LogP contribution in [0.5, 0.6) is 0 Å². The van der Waals surface area contributed by atoms with E-state index in [9.17, 15) is 14.7 Å². The highest BCUT2D eigenvalue weighted by Crippen LogP contribution is 2.58. The quantitative estimate of drug-likeness (QED) is 0.636. The number of hydrogen-bond donors (Lipinski definition) is 1. The van der Waals surface area contributed by atoms with Crippen LogP contribution in [0.4, 0.5) is 0 Å². The van der Waals surface area contributed by atoms with Crippen LogP contribution in [0.1, 0.15) is 47.5 Å². The Morgan fingerprint density at radius 3 is 2.40 bits per heavy atom. The molecule has 0 amide bonds. The second-order valence-corrected chi connectivity index (χ2v) is 7.66. The highest BCUT2D eigenvalue weighted by atomic mass is 16.5. The predicted octanol–water partition coefficient (Wildman–Crippen LogP) is 2.19. The molecule has 0 saturated heterocycles. The highest BCUT2D eigenvalue weighted by Gasteiger charge is 2.61. The number of aliphatic hydroxyl groups is 1. The van der Waals surface area contributed by atoms with Crippen LogP contribution in [0.25, 0.3) is 0 Å². The Bertz CT molecular complexity index is 419. The molecule has 0 bridgehead atoms. The molecule has 4 atom stereocenters. The van der Waals surface area contributed by atoms with Crippen LogP contribution in [0.3, 0.4) is 0 Å². The van der Waals surface area contributed by atoms with Gasteiger partial charge < -0.3 is 9.84 Å². The fourth-order valence-corrected chi connectivity index (χ4v) is 4.40. The minimum Gasteiger partial charge on any atom is -0.465 e. The molecule has 2 rings (SSSR count). The molecule has 0 aromatic heterocycles. The first-order valence-corrected chi connectivity index (χ1v) is 7.51. The first-order valence-electron chi connectivity index (χ1n) is 7.51. The largest absolute Gasteiger partial charge is 0.465 e. The summed E-state index contributed by atoms with van der Waals surface area (Å²) in [7, 11) is 0. The zero-order valence-electron chi connectivity index (χ0n) is 13.1. The van der Waals surface area contributed by atoms with E-state index < -0.39 is 23.4 Å². The van der Waals surface area contributed by atoms with Crippen LogP contribution in [0.15, 0.2) is 0 Å². The maximum absolute atomic E-state index is 12.6. The predicted molar refractivity (Wildman–Crippen MR) is 74.9 cm³/mol. The zero-order chi connectivity index (χ0) is 15.3. The summed E-state index contributed by atoms with van der Waals surface area (Å²) in [4.78, 5) is 24.8. The lowest BCUT2D eigenvalue weighted by molar-refractivity contribution is -0.153. The van der Waals surface area contributed by atoms with E-state index in [2.05, 4.69) is 13.8 Å². The molecule has 0 spiro atoms. The van der Waals surface area contributed by atoms with Crippen molar-refractivity contribution in [3.05, 3.63) is 0 Å². The van der Waals surface area contributed by atoms with Gasteiger partial charge in [0.1, 0.15) is 5.92 Å². The van der Waals surface area contributed by atoms with E-state index in [0.29, 0.717) is 0 Å². The second-order valence-electron chi connectivity index (χ2n) is 7.66. The van der Waals surface area contributed by atoms with Gasteiger partial charge in [0.25, 0.3) is 0 Å². The first-order chi connectivity index (χ1) is 9.08. The van der Waals surface area contributed by atoms with Gasteiger partial charge in [0.2, 0.25) is 0 Å². The Morgan fingerprint density at radius 1 is 1.35 bits per heavy atom. The van der Waals surface area contributed by atoms with Gasteiger partial charge in [-0.15, -0.1) is 0 Å². The van der Waals surface area contributed by atoms with Gasteiger partial charge >= 0.3 is 5.97 Å². The smallest absolute Gasteiger partial charge is 0.316 e. The van der Waals surface area contributed by atoms with Gasteiger partial charge in [0.15, 0.2) is 5.78 Å². The van der Waals surface area contributed by atoms with Gasteiger partial charge in [-0.3, -0.25) is 9.59 Å². The lowest BCUT2D eigenvalue weighted by Gasteiger charge is -2.30. The van der Waals surface area contributed by atoms with Crippen molar-refractivity contribution in [2.45, 2.75) is 53.1 Å². The van der Waals surface area contributed by atoms with Gasteiger partial charge in [-0.2, -0.15) is 0 Å². The van der Waals surface area contributed by atoms with Crippen molar-refractivity contribution < 1.29 is 19.4 Å². The van der Waals surface area contributed by atoms with Crippen LogP contribution in [0, 0.1) is 29.1 Å². The summed E-state index contributed by atoms with van der Waals surface area (Å²) < 4.78 is 5.09. The van der Waals surface area contributed by atoms with Gasteiger partial charge in [-0.05, 0) is 50.9 Å².